The summed E-state index contributed by atoms with van der Waals surface area (Å²) in [6.07, 6.45) is 67.1. The van der Waals surface area contributed by atoms with Gasteiger partial charge in [0.15, 0.2) is 6.10 Å². The van der Waals surface area contributed by atoms with E-state index in [1.807, 2.05) is 0 Å². The molecular weight excluding hydrogens is 829 g/mol. The number of carbonyl (C=O) groups is 3. The molecule has 392 valence electrons. The lowest BCUT2D eigenvalue weighted by atomic mass is 10.0. The Hall–Kier alpha value is -2.37. The third kappa shape index (κ3) is 54.4. The number of rotatable bonds is 54. The number of hydrogen-bond acceptors (Lipinski definition) is 6. The summed E-state index contributed by atoms with van der Waals surface area (Å²) in [4.78, 5) is 38.1. The summed E-state index contributed by atoms with van der Waals surface area (Å²) in [6.45, 7) is 6.63. The molecule has 0 aromatic heterocycles. The second kappa shape index (κ2) is 56.2. The molecule has 0 aromatic carbocycles. The lowest BCUT2D eigenvalue weighted by molar-refractivity contribution is -0.167. The van der Waals surface area contributed by atoms with Crippen LogP contribution < -0.4 is 0 Å². The smallest absolute Gasteiger partial charge is 0.306 e. The summed E-state index contributed by atoms with van der Waals surface area (Å²) < 4.78 is 16.9. The highest BCUT2D eigenvalue weighted by molar-refractivity contribution is 5.71. The molecule has 6 nitrogen and oxygen atoms in total. The van der Waals surface area contributed by atoms with Crippen molar-refractivity contribution >= 4 is 17.9 Å². The highest BCUT2D eigenvalue weighted by Crippen LogP contribution is 2.16. The molecule has 0 heterocycles. The minimum Gasteiger partial charge on any atom is -0.462 e. The molecule has 0 saturated heterocycles. The first-order chi connectivity index (χ1) is 33.0. The molecule has 67 heavy (non-hydrogen) atoms. The molecule has 0 radical (unpaired) electrons. The van der Waals surface area contributed by atoms with E-state index in [1.54, 1.807) is 0 Å². The van der Waals surface area contributed by atoms with E-state index in [9.17, 15) is 14.4 Å². The predicted molar refractivity (Wildman–Crippen MR) is 289 cm³/mol. The van der Waals surface area contributed by atoms with Gasteiger partial charge in [-0.2, -0.15) is 0 Å². The van der Waals surface area contributed by atoms with E-state index in [0.717, 1.165) is 83.5 Å². The molecule has 0 spiro atoms. The largest absolute Gasteiger partial charge is 0.462 e. The molecule has 0 saturated carbocycles. The van der Waals surface area contributed by atoms with Gasteiger partial charge in [-0.15, -0.1) is 0 Å². The third-order valence-electron chi connectivity index (χ3n) is 13.1. The Morgan fingerprint density at radius 2 is 0.552 bits per heavy atom. The maximum absolute atomic E-state index is 12.8. The van der Waals surface area contributed by atoms with Crippen LogP contribution in [-0.2, 0) is 28.6 Å². The Bertz CT molecular complexity index is 1130. The van der Waals surface area contributed by atoms with Crippen molar-refractivity contribution in [1.82, 2.24) is 0 Å². The Morgan fingerprint density at radius 3 is 0.881 bits per heavy atom. The molecule has 0 aromatic rings. The summed E-state index contributed by atoms with van der Waals surface area (Å²) in [6, 6.07) is 0. The minimum atomic E-state index is -0.777. The number of carbonyl (C=O) groups excluding carboxylic acids is 3. The summed E-state index contributed by atoms with van der Waals surface area (Å²) in [5.74, 6) is -0.874. The molecule has 6 heteroatoms. The topological polar surface area (TPSA) is 78.9 Å². The van der Waals surface area contributed by atoms with Crippen molar-refractivity contribution < 1.29 is 28.6 Å². The first-order valence-corrected chi connectivity index (χ1v) is 29.5. The molecule has 0 aliphatic heterocycles. The van der Waals surface area contributed by atoms with Crippen LogP contribution in [0.25, 0.3) is 0 Å². The number of unbranched alkanes of at least 4 members (excludes halogenated alkanes) is 37. The molecule has 0 fully saturated rings. The van der Waals surface area contributed by atoms with Gasteiger partial charge in [-0.1, -0.05) is 263 Å². The average molecular weight is 942 g/mol. The summed E-state index contributed by atoms with van der Waals surface area (Å²) in [7, 11) is 0. The van der Waals surface area contributed by atoms with E-state index >= 15 is 0 Å². The van der Waals surface area contributed by atoms with Crippen molar-refractivity contribution in [1.29, 1.82) is 0 Å². The first-order valence-electron chi connectivity index (χ1n) is 29.5. The highest BCUT2D eigenvalue weighted by Gasteiger charge is 2.19. The number of hydrogen-bond donors (Lipinski definition) is 0. The van der Waals surface area contributed by atoms with E-state index in [2.05, 4.69) is 57.2 Å². The lowest BCUT2D eigenvalue weighted by Crippen LogP contribution is -2.30. The number of allylic oxidation sites excluding steroid dienone is 6. The lowest BCUT2D eigenvalue weighted by Gasteiger charge is -2.18. The Labute approximate surface area is 416 Å². The van der Waals surface area contributed by atoms with Gasteiger partial charge >= 0.3 is 17.9 Å². The fourth-order valence-corrected chi connectivity index (χ4v) is 8.63. The second-order valence-electron chi connectivity index (χ2n) is 19.9. The number of ether oxygens (including phenoxy) is 3. The SMILES string of the molecule is CCCC/C=C\C/C=C\CCCCCCCC(=O)OC(COC(=O)CCCCCCCCCCC/C=C\CCCCCCCCCC)COC(=O)CCCCCCCCCCCCCCCC. The van der Waals surface area contributed by atoms with Gasteiger partial charge in [-0.25, -0.2) is 0 Å². The molecule has 0 rings (SSSR count). The number of esters is 3. The van der Waals surface area contributed by atoms with Gasteiger partial charge in [0, 0.05) is 19.3 Å². The zero-order valence-corrected chi connectivity index (χ0v) is 44.9. The van der Waals surface area contributed by atoms with Gasteiger partial charge in [0.25, 0.3) is 0 Å². The molecule has 1 atom stereocenters. The fraction of sp³-hybridized carbons (Fsp3) is 0.852. The van der Waals surface area contributed by atoms with Gasteiger partial charge in [-0.05, 0) is 70.6 Å². The van der Waals surface area contributed by atoms with Gasteiger partial charge in [0.1, 0.15) is 13.2 Å². The molecular formula is C61H112O6. The van der Waals surface area contributed by atoms with E-state index in [-0.39, 0.29) is 31.1 Å². The molecule has 0 N–H and O–H groups in total. The van der Waals surface area contributed by atoms with Crippen molar-refractivity contribution in [2.24, 2.45) is 0 Å². The van der Waals surface area contributed by atoms with E-state index in [0.29, 0.717) is 19.3 Å². The summed E-state index contributed by atoms with van der Waals surface area (Å²) in [5.41, 5.74) is 0. The normalized spacial score (nSPS) is 12.2. The van der Waals surface area contributed by atoms with Crippen LogP contribution in [0.5, 0.6) is 0 Å². The van der Waals surface area contributed by atoms with Gasteiger partial charge in [-0.3, -0.25) is 14.4 Å². The van der Waals surface area contributed by atoms with Crippen LogP contribution >= 0.6 is 0 Å². The monoisotopic (exact) mass is 941 g/mol. The zero-order valence-electron chi connectivity index (χ0n) is 44.9. The van der Waals surface area contributed by atoms with Crippen LogP contribution in [0.2, 0.25) is 0 Å². The van der Waals surface area contributed by atoms with E-state index in [1.165, 1.54) is 193 Å². The van der Waals surface area contributed by atoms with Crippen LogP contribution in [0.4, 0.5) is 0 Å². The molecule has 0 aliphatic rings. The Balaban J connectivity index is 4.30. The maximum atomic E-state index is 12.8. The maximum Gasteiger partial charge on any atom is 0.306 e. The van der Waals surface area contributed by atoms with Crippen LogP contribution in [-0.4, -0.2) is 37.2 Å². The summed E-state index contributed by atoms with van der Waals surface area (Å²) in [5, 5.41) is 0. The Morgan fingerprint density at radius 1 is 0.299 bits per heavy atom. The van der Waals surface area contributed by atoms with Crippen molar-refractivity contribution in [3.05, 3.63) is 36.5 Å². The van der Waals surface area contributed by atoms with Crippen molar-refractivity contribution in [2.45, 2.75) is 322 Å². The third-order valence-corrected chi connectivity index (χ3v) is 13.1. The van der Waals surface area contributed by atoms with Crippen LogP contribution in [0.15, 0.2) is 36.5 Å². The quantitative estimate of drug-likeness (QED) is 0.0262. The van der Waals surface area contributed by atoms with Crippen LogP contribution in [0.3, 0.4) is 0 Å². The van der Waals surface area contributed by atoms with Gasteiger partial charge in [0.2, 0.25) is 0 Å². The molecule has 1 unspecified atom stereocenters. The standard InChI is InChI=1S/C61H112O6/c1-4-7-10-13-16-19-22-25-28-29-30-31-32-33-34-37-39-42-45-48-51-54-60(63)66-57-58(67-61(64)55-52-49-46-43-40-36-27-24-21-18-15-12-9-6-3)56-65-59(62)53-50-47-44-41-38-35-26-23-20-17-14-11-8-5-2/h15,18,24,27,29-30,58H,4-14,16-17,19-23,25-26,28,31-57H2,1-3H3/b18-15-,27-24-,30-29-. The highest BCUT2D eigenvalue weighted by atomic mass is 16.6. The second-order valence-corrected chi connectivity index (χ2v) is 19.9. The van der Waals surface area contributed by atoms with E-state index in [4.69, 9.17) is 14.2 Å². The Kier molecular flexibility index (Phi) is 54.2. The van der Waals surface area contributed by atoms with Crippen LogP contribution in [0, 0.1) is 0 Å². The summed E-state index contributed by atoms with van der Waals surface area (Å²) >= 11 is 0. The first kappa shape index (κ1) is 64.6. The average Bonchev–Trinajstić information content (AvgIpc) is 3.33. The van der Waals surface area contributed by atoms with E-state index < -0.39 is 6.10 Å². The van der Waals surface area contributed by atoms with Crippen LogP contribution in [0.1, 0.15) is 316 Å². The fourth-order valence-electron chi connectivity index (χ4n) is 8.63. The van der Waals surface area contributed by atoms with Crippen molar-refractivity contribution in [2.75, 3.05) is 13.2 Å². The molecule has 0 amide bonds. The zero-order chi connectivity index (χ0) is 48.6. The van der Waals surface area contributed by atoms with Gasteiger partial charge < -0.3 is 14.2 Å². The minimum absolute atomic E-state index is 0.0748. The van der Waals surface area contributed by atoms with Gasteiger partial charge in [0.05, 0.1) is 0 Å². The molecule has 0 bridgehead atoms. The molecule has 0 aliphatic carbocycles. The van der Waals surface area contributed by atoms with Crippen molar-refractivity contribution in [3.8, 4) is 0 Å². The van der Waals surface area contributed by atoms with Crippen molar-refractivity contribution in [3.63, 3.8) is 0 Å². The predicted octanol–water partition coefficient (Wildman–Crippen LogP) is 19.7.